The summed E-state index contributed by atoms with van der Waals surface area (Å²) >= 11 is 1.28. The summed E-state index contributed by atoms with van der Waals surface area (Å²) in [5.74, 6) is -0.0765. The van der Waals surface area contributed by atoms with Crippen molar-refractivity contribution in [1.82, 2.24) is 25.5 Å². The Hall–Kier alpha value is -2.19. The highest BCUT2D eigenvalue weighted by Crippen LogP contribution is 2.24. The van der Waals surface area contributed by atoms with E-state index in [1.807, 2.05) is 31.2 Å². The van der Waals surface area contributed by atoms with Crippen molar-refractivity contribution in [3.63, 3.8) is 0 Å². The van der Waals surface area contributed by atoms with Crippen LogP contribution in [0.2, 0.25) is 0 Å². The van der Waals surface area contributed by atoms with Crippen LogP contribution in [0.5, 0.6) is 0 Å². The number of methoxy groups -OCH3 is 1. The molecule has 2 N–H and O–H groups in total. The lowest BCUT2D eigenvalue weighted by molar-refractivity contribution is -0.120. The zero-order valence-corrected chi connectivity index (χ0v) is 13.7. The van der Waals surface area contributed by atoms with Gasteiger partial charge in [0.25, 0.3) is 0 Å². The number of benzene rings is 1. The molecule has 3 rings (SSSR count). The van der Waals surface area contributed by atoms with Gasteiger partial charge in [-0.05, 0) is 13.0 Å². The maximum absolute atomic E-state index is 12.0. The highest BCUT2D eigenvalue weighted by Gasteiger charge is 2.17. The number of H-pyrrole nitrogens is 1. The van der Waals surface area contributed by atoms with Crippen LogP contribution in [0.1, 0.15) is 6.92 Å². The van der Waals surface area contributed by atoms with Crippen LogP contribution >= 0.6 is 11.8 Å². The minimum Gasteiger partial charge on any atom is -0.383 e. The average molecular weight is 331 g/mol. The first-order valence-electron chi connectivity index (χ1n) is 7.23. The molecule has 0 saturated carbocycles. The molecular weight excluding hydrogens is 314 g/mol. The largest absolute Gasteiger partial charge is 0.383 e. The monoisotopic (exact) mass is 331 g/mol. The molecule has 2 heterocycles. The maximum Gasteiger partial charge on any atom is 0.233 e. The van der Waals surface area contributed by atoms with E-state index in [9.17, 15) is 4.79 Å². The van der Waals surface area contributed by atoms with Crippen LogP contribution in [-0.2, 0) is 9.53 Å². The molecule has 8 heteroatoms. The number of carbonyl (C=O) groups excluding carboxylic acids is 1. The van der Waals surface area contributed by atoms with E-state index in [1.54, 1.807) is 7.11 Å². The standard InChI is InChI=1S/C15H17N5O2S/c1-9(14(21)16-7-8-22-2)23-15-18-13-12(19-20-15)10-5-3-4-6-11(10)17-13/h3-6,9H,7-8H2,1-2H3,(H,16,21)(H,17,18,20). The molecular formula is C15H17N5O2S. The van der Waals surface area contributed by atoms with E-state index in [4.69, 9.17) is 4.74 Å². The Bertz CT molecular complexity index is 835. The Morgan fingerprint density at radius 2 is 2.22 bits per heavy atom. The molecule has 0 spiro atoms. The zero-order valence-electron chi connectivity index (χ0n) is 12.9. The molecule has 0 aliphatic carbocycles. The van der Waals surface area contributed by atoms with Crippen LogP contribution in [-0.4, -0.2) is 51.6 Å². The van der Waals surface area contributed by atoms with E-state index in [1.165, 1.54) is 11.8 Å². The number of para-hydroxylation sites is 1. The molecule has 0 aliphatic heterocycles. The second kappa shape index (κ2) is 6.93. The van der Waals surface area contributed by atoms with E-state index in [2.05, 4.69) is 25.5 Å². The van der Waals surface area contributed by atoms with Crippen molar-refractivity contribution in [3.05, 3.63) is 24.3 Å². The SMILES string of the molecule is COCCNC(=O)C(C)Sc1nnc2c(n1)[nH]c1ccccc12. The van der Waals surface area contributed by atoms with Crippen molar-refractivity contribution in [2.24, 2.45) is 0 Å². The summed E-state index contributed by atoms with van der Waals surface area (Å²) in [5, 5.41) is 12.3. The summed E-state index contributed by atoms with van der Waals surface area (Å²) < 4.78 is 4.91. The fraction of sp³-hybridized carbons (Fsp3) is 0.333. The summed E-state index contributed by atoms with van der Waals surface area (Å²) in [7, 11) is 1.60. The quantitative estimate of drug-likeness (QED) is 0.528. The van der Waals surface area contributed by atoms with Crippen LogP contribution in [0.4, 0.5) is 0 Å². The van der Waals surface area contributed by atoms with Gasteiger partial charge in [0.1, 0.15) is 5.52 Å². The van der Waals surface area contributed by atoms with Gasteiger partial charge >= 0.3 is 0 Å². The minimum atomic E-state index is -0.310. The Balaban J connectivity index is 1.75. The summed E-state index contributed by atoms with van der Waals surface area (Å²) in [6.07, 6.45) is 0. The lowest BCUT2D eigenvalue weighted by Crippen LogP contribution is -2.33. The number of thioether (sulfide) groups is 1. The van der Waals surface area contributed by atoms with Gasteiger partial charge in [0.2, 0.25) is 11.1 Å². The van der Waals surface area contributed by atoms with Gasteiger partial charge in [-0.2, -0.15) is 0 Å². The third-order valence-corrected chi connectivity index (χ3v) is 4.31. The van der Waals surface area contributed by atoms with E-state index in [0.29, 0.717) is 24.0 Å². The molecule has 3 aromatic rings. The normalized spacial score (nSPS) is 12.6. The molecule has 120 valence electrons. The van der Waals surface area contributed by atoms with Gasteiger partial charge in [-0.3, -0.25) is 4.79 Å². The number of ether oxygens (including phenoxy) is 1. The third kappa shape index (κ3) is 3.43. The Morgan fingerprint density at radius 1 is 1.39 bits per heavy atom. The van der Waals surface area contributed by atoms with Crippen LogP contribution in [0.15, 0.2) is 29.4 Å². The van der Waals surface area contributed by atoms with Crippen molar-refractivity contribution in [2.75, 3.05) is 20.3 Å². The first-order valence-corrected chi connectivity index (χ1v) is 8.11. The van der Waals surface area contributed by atoms with Gasteiger partial charge < -0.3 is 15.0 Å². The number of aromatic nitrogens is 4. The Morgan fingerprint density at radius 3 is 3.04 bits per heavy atom. The predicted molar refractivity (Wildman–Crippen MR) is 89.4 cm³/mol. The number of rotatable bonds is 6. The second-order valence-electron chi connectivity index (χ2n) is 5.01. The molecule has 0 fully saturated rings. The number of amides is 1. The summed E-state index contributed by atoms with van der Waals surface area (Å²) in [6.45, 7) is 2.79. The average Bonchev–Trinajstić information content (AvgIpc) is 2.92. The molecule has 0 saturated heterocycles. The number of nitrogens with one attached hydrogen (secondary N) is 2. The Labute approximate surface area is 137 Å². The highest BCUT2D eigenvalue weighted by atomic mass is 32.2. The molecule has 7 nitrogen and oxygen atoms in total. The van der Waals surface area contributed by atoms with E-state index in [-0.39, 0.29) is 11.2 Å². The van der Waals surface area contributed by atoms with Crippen molar-refractivity contribution >= 4 is 39.7 Å². The second-order valence-corrected chi connectivity index (χ2v) is 6.31. The number of nitrogens with zero attached hydrogens (tertiary/aromatic N) is 3. The van der Waals surface area contributed by atoms with Crippen molar-refractivity contribution in [3.8, 4) is 0 Å². The predicted octanol–water partition coefficient (Wildman–Crippen LogP) is 1.75. The van der Waals surface area contributed by atoms with E-state index in [0.717, 1.165) is 16.4 Å². The molecule has 0 radical (unpaired) electrons. The summed E-state index contributed by atoms with van der Waals surface area (Å²) in [6, 6.07) is 7.85. The molecule has 0 bridgehead atoms. The van der Waals surface area contributed by atoms with E-state index >= 15 is 0 Å². The molecule has 23 heavy (non-hydrogen) atoms. The fourth-order valence-electron chi connectivity index (χ4n) is 2.19. The van der Waals surface area contributed by atoms with Gasteiger partial charge in [0.15, 0.2) is 5.65 Å². The number of hydrogen-bond donors (Lipinski definition) is 2. The molecule has 2 aromatic heterocycles. The maximum atomic E-state index is 12.0. The van der Waals surface area contributed by atoms with Crippen LogP contribution in [0.3, 0.4) is 0 Å². The highest BCUT2D eigenvalue weighted by molar-refractivity contribution is 8.00. The lowest BCUT2D eigenvalue weighted by Gasteiger charge is -2.10. The molecule has 0 aliphatic rings. The van der Waals surface area contributed by atoms with Gasteiger partial charge in [-0.25, -0.2) is 4.98 Å². The van der Waals surface area contributed by atoms with Crippen molar-refractivity contribution < 1.29 is 9.53 Å². The van der Waals surface area contributed by atoms with Crippen LogP contribution < -0.4 is 5.32 Å². The number of hydrogen-bond acceptors (Lipinski definition) is 6. The smallest absolute Gasteiger partial charge is 0.233 e. The molecule has 1 aromatic carbocycles. The van der Waals surface area contributed by atoms with E-state index < -0.39 is 0 Å². The first-order chi connectivity index (χ1) is 11.2. The minimum absolute atomic E-state index is 0.0765. The van der Waals surface area contributed by atoms with Crippen LogP contribution in [0.25, 0.3) is 22.1 Å². The fourth-order valence-corrected chi connectivity index (χ4v) is 2.93. The third-order valence-electron chi connectivity index (χ3n) is 3.36. The van der Waals surface area contributed by atoms with Gasteiger partial charge in [0, 0.05) is 24.6 Å². The summed E-state index contributed by atoms with van der Waals surface area (Å²) in [4.78, 5) is 19.6. The molecule has 1 unspecified atom stereocenters. The van der Waals surface area contributed by atoms with Gasteiger partial charge in [-0.1, -0.05) is 30.0 Å². The van der Waals surface area contributed by atoms with Gasteiger partial charge in [0.05, 0.1) is 11.9 Å². The van der Waals surface area contributed by atoms with Crippen LogP contribution in [0, 0.1) is 0 Å². The Kier molecular flexibility index (Phi) is 4.73. The summed E-state index contributed by atoms with van der Waals surface area (Å²) in [5.41, 5.74) is 2.38. The molecule has 1 atom stereocenters. The first kappa shape index (κ1) is 15.7. The zero-order chi connectivity index (χ0) is 16.2. The van der Waals surface area contributed by atoms with Gasteiger partial charge in [-0.15, -0.1) is 10.2 Å². The number of aromatic amines is 1. The number of carbonyl (C=O) groups is 1. The lowest BCUT2D eigenvalue weighted by atomic mass is 10.2. The number of fused-ring (bicyclic) bond motifs is 3. The van der Waals surface area contributed by atoms with Crippen molar-refractivity contribution in [2.45, 2.75) is 17.3 Å². The van der Waals surface area contributed by atoms with Crippen molar-refractivity contribution in [1.29, 1.82) is 0 Å². The topological polar surface area (TPSA) is 92.8 Å². The molecule has 1 amide bonds.